The fraction of sp³-hybridized carbons (Fsp3) is 0.417. The van der Waals surface area contributed by atoms with Gasteiger partial charge in [0.2, 0.25) is 11.9 Å². The van der Waals surface area contributed by atoms with Crippen LogP contribution in [0, 0.1) is 5.92 Å². The van der Waals surface area contributed by atoms with E-state index in [2.05, 4.69) is 25.5 Å². The van der Waals surface area contributed by atoms with Gasteiger partial charge in [-0.2, -0.15) is 8.42 Å². The molecule has 1 saturated heterocycles. The number of carbonyl (C=O) groups is 1. The van der Waals surface area contributed by atoms with Crippen molar-refractivity contribution in [3.8, 4) is 5.75 Å². The van der Waals surface area contributed by atoms with Gasteiger partial charge in [0, 0.05) is 37.3 Å². The second-order valence-corrected chi connectivity index (χ2v) is 10.4. The number of aromatic amines is 1. The zero-order valence-corrected chi connectivity index (χ0v) is 20.1. The van der Waals surface area contributed by atoms with E-state index < -0.39 is 10.1 Å². The van der Waals surface area contributed by atoms with Crippen LogP contribution in [0.2, 0.25) is 0 Å². The van der Waals surface area contributed by atoms with Crippen LogP contribution in [0.1, 0.15) is 19.3 Å². The van der Waals surface area contributed by atoms with Gasteiger partial charge in [-0.3, -0.25) is 15.0 Å². The van der Waals surface area contributed by atoms with E-state index in [0.29, 0.717) is 17.0 Å². The Morgan fingerprint density at radius 3 is 2.66 bits per heavy atom. The highest BCUT2D eigenvalue weighted by Gasteiger charge is 2.30. The van der Waals surface area contributed by atoms with Crippen LogP contribution in [0.25, 0.3) is 11.0 Å². The number of amides is 1. The maximum Gasteiger partial charge on any atom is 0.339 e. The predicted octanol–water partition coefficient (Wildman–Crippen LogP) is 2.81. The third-order valence-electron chi connectivity index (χ3n) is 6.08. The molecular formula is C24H29N5O5S. The summed E-state index contributed by atoms with van der Waals surface area (Å²) in [6.07, 6.45) is 2.78. The van der Waals surface area contributed by atoms with Gasteiger partial charge >= 0.3 is 10.1 Å². The molecule has 3 N–H and O–H groups in total. The van der Waals surface area contributed by atoms with Crippen molar-refractivity contribution in [2.24, 2.45) is 5.92 Å². The third kappa shape index (κ3) is 6.11. The van der Waals surface area contributed by atoms with Crippen LogP contribution in [-0.2, 0) is 19.6 Å². The standard InChI is InChI=1S/C24H29N5O5S/c30-23(17-2-3-17)28-24-26-21-9-6-19(16-22(21)27-24)34-35(31,32)20-7-4-18(5-8-20)25-10-1-11-29-12-14-33-15-13-29/h4-9,16-17,25H,1-3,10-15H2,(H2,26,27,28,30). The van der Waals surface area contributed by atoms with E-state index in [-0.39, 0.29) is 22.5 Å². The lowest BCUT2D eigenvalue weighted by molar-refractivity contribution is -0.117. The van der Waals surface area contributed by atoms with Gasteiger partial charge in [0.1, 0.15) is 10.6 Å². The molecule has 10 nitrogen and oxygen atoms in total. The van der Waals surface area contributed by atoms with Crippen LogP contribution in [-0.4, -0.2) is 68.6 Å². The molecule has 0 bridgehead atoms. The van der Waals surface area contributed by atoms with E-state index in [1.807, 2.05) is 0 Å². The summed E-state index contributed by atoms with van der Waals surface area (Å²) in [5.41, 5.74) is 2.02. The molecule has 186 valence electrons. The Bertz CT molecular complexity index is 1280. The Hall–Kier alpha value is -3.15. The number of hydrogen-bond donors (Lipinski definition) is 3. The third-order valence-corrected chi connectivity index (χ3v) is 7.34. The summed E-state index contributed by atoms with van der Waals surface area (Å²) in [5.74, 6) is 0.487. The number of anilines is 2. The number of morpholine rings is 1. The van der Waals surface area contributed by atoms with Crippen LogP contribution in [0.4, 0.5) is 11.6 Å². The van der Waals surface area contributed by atoms with E-state index >= 15 is 0 Å². The SMILES string of the molecule is O=C(Nc1nc2cc(OS(=O)(=O)c3ccc(NCCCN4CCOCC4)cc3)ccc2[nH]1)C1CC1. The normalized spacial score (nSPS) is 16.8. The number of rotatable bonds is 10. The van der Waals surface area contributed by atoms with Crippen LogP contribution < -0.4 is 14.8 Å². The minimum atomic E-state index is -4.01. The highest BCUT2D eigenvalue weighted by Crippen LogP contribution is 2.30. The number of benzene rings is 2. The maximum atomic E-state index is 12.8. The number of nitrogens with zero attached hydrogens (tertiary/aromatic N) is 2. The first-order chi connectivity index (χ1) is 17.0. The average Bonchev–Trinajstić information content (AvgIpc) is 3.63. The lowest BCUT2D eigenvalue weighted by Gasteiger charge is -2.26. The molecule has 2 aliphatic rings. The van der Waals surface area contributed by atoms with Gasteiger partial charge < -0.3 is 19.2 Å². The molecule has 1 amide bonds. The molecule has 2 aromatic carbocycles. The van der Waals surface area contributed by atoms with Crippen molar-refractivity contribution < 1.29 is 22.1 Å². The molecule has 1 aromatic heterocycles. The zero-order chi connectivity index (χ0) is 24.3. The van der Waals surface area contributed by atoms with E-state index in [9.17, 15) is 13.2 Å². The van der Waals surface area contributed by atoms with Crippen molar-refractivity contribution in [3.63, 3.8) is 0 Å². The lowest BCUT2D eigenvalue weighted by Crippen LogP contribution is -2.37. The molecule has 0 atom stereocenters. The Kier molecular flexibility index (Phi) is 6.89. The van der Waals surface area contributed by atoms with Crippen LogP contribution in [0.15, 0.2) is 47.4 Å². The molecule has 1 aliphatic carbocycles. The topological polar surface area (TPSA) is 126 Å². The first kappa shape index (κ1) is 23.6. The number of aromatic nitrogens is 2. The van der Waals surface area contributed by atoms with Crippen molar-refractivity contribution in [1.82, 2.24) is 14.9 Å². The van der Waals surface area contributed by atoms with Crippen molar-refractivity contribution in [2.75, 3.05) is 50.0 Å². The number of imidazole rings is 1. The number of H-pyrrole nitrogens is 1. The van der Waals surface area contributed by atoms with Crippen LogP contribution >= 0.6 is 0 Å². The van der Waals surface area contributed by atoms with E-state index in [0.717, 1.165) is 64.3 Å². The molecule has 0 spiro atoms. The molecule has 35 heavy (non-hydrogen) atoms. The van der Waals surface area contributed by atoms with Gasteiger partial charge in [0.05, 0.1) is 24.2 Å². The first-order valence-electron chi connectivity index (χ1n) is 11.9. The van der Waals surface area contributed by atoms with Crippen molar-refractivity contribution >= 4 is 38.7 Å². The van der Waals surface area contributed by atoms with Gasteiger partial charge in [-0.15, -0.1) is 0 Å². The van der Waals surface area contributed by atoms with Crippen molar-refractivity contribution in [1.29, 1.82) is 0 Å². The number of carbonyl (C=O) groups excluding carboxylic acids is 1. The van der Waals surface area contributed by atoms with Crippen LogP contribution in [0.5, 0.6) is 5.75 Å². The molecule has 1 aliphatic heterocycles. The molecule has 5 rings (SSSR count). The summed E-state index contributed by atoms with van der Waals surface area (Å²) in [4.78, 5) is 21.7. The number of nitrogens with one attached hydrogen (secondary N) is 3. The van der Waals surface area contributed by atoms with Crippen molar-refractivity contribution in [3.05, 3.63) is 42.5 Å². The van der Waals surface area contributed by atoms with Crippen LogP contribution in [0.3, 0.4) is 0 Å². The molecule has 11 heteroatoms. The largest absolute Gasteiger partial charge is 0.385 e. The molecule has 0 unspecified atom stereocenters. The van der Waals surface area contributed by atoms with Gasteiger partial charge in [0.15, 0.2) is 0 Å². The van der Waals surface area contributed by atoms with Gasteiger partial charge in [0.25, 0.3) is 0 Å². The molecule has 2 fully saturated rings. The summed E-state index contributed by atoms with van der Waals surface area (Å²) in [7, 11) is -4.01. The summed E-state index contributed by atoms with van der Waals surface area (Å²) in [6, 6.07) is 11.3. The monoisotopic (exact) mass is 499 g/mol. The summed E-state index contributed by atoms with van der Waals surface area (Å²) >= 11 is 0. The van der Waals surface area contributed by atoms with Gasteiger partial charge in [-0.05, 0) is 62.2 Å². The van der Waals surface area contributed by atoms with E-state index in [4.69, 9.17) is 8.92 Å². The Labute approximate surface area is 204 Å². The summed E-state index contributed by atoms with van der Waals surface area (Å²) in [5, 5.41) is 6.07. The summed E-state index contributed by atoms with van der Waals surface area (Å²) < 4.78 is 36.2. The fourth-order valence-corrected chi connectivity index (χ4v) is 4.86. The minimum absolute atomic E-state index is 0.0573. The van der Waals surface area contributed by atoms with E-state index in [1.54, 1.807) is 24.3 Å². The Morgan fingerprint density at radius 1 is 1.14 bits per heavy atom. The molecule has 3 aromatic rings. The molecular weight excluding hydrogens is 470 g/mol. The molecule has 1 saturated carbocycles. The zero-order valence-electron chi connectivity index (χ0n) is 19.3. The second-order valence-electron chi connectivity index (χ2n) is 8.82. The highest BCUT2D eigenvalue weighted by molar-refractivity contribution is 7.87. The van der Waals surface area contributed by atoms with E-state index in [1.165, 1.54) is 18.2 Å². The average molecular weight is 500 g/mol. The number of fused-ring (bicyclic) bond motifs is 1. The second kappa shape index (κ2) is 10.2. The number of ether oxygens (including phenoxy) is 1. The first-order valence-corrected chi connectivity index (χ1v) is 13.3. The quantitative estimate of drug-likeness (QED) is 0.287. The predicted molar refractivity (Wildman–Crippen MR) is 132 cm³/mol. The van der Waals surface area contributed by atoms with Gasteiger partial charge in [-0.1, -0.05) is 0 Å². The number of hydrogen-bond acceptors (Lipinski definition) is 8. The van der Waals surface area contributed by atoms with Gasteiger partial charge in [-0.25, -0.2) is 4.98 Å². The highest BCUT2D eigenvalue weighted by atomic mass is 32.2. The molecule has 0 radical (unpaired) electrons. The molecule has 2 heterocycles. The lowest BCUT2D eigenvalue weighted by atomic mass is 10.3. The maximum absolute atomic E-state index is 12.8. The van der Waals surface area contributed by atoms with Crippen molar-refractivity contribution in [2.45, 2.75) is 24.2 Å². The smallest absolute Gasteiger partial charge is 0.339 e. The summed E-state index contributed by atoms with van der Waals surface area (Å²) in [6.45, 7) is 5.33. The minimum Gasteiger partial charge on any atom is -0.385 e. The fourth-order valence-electron chi connectivity index (χ4n) is 3.94. The Balaban J connectivity index is 1.16. The Morgan fingerprint density at radius 2 is 1.91 bits per heavy atom.